The van der Waals surface area contributed by atoms with Gasteiger partial charge in [0.1, 0.15) is 4.90 Å². The molecule has 2 N–H and O–H groups in total. The molecule has 1 saturated carbocycles. The highest BCUT2D eigenvalue weighted by molar-refractivity contribution is 7.89. The van der Waals surface area contributed by atoms with Gasteiger partial charge in [0.2, 0.25) is 15.9 Å². The summed E-state index contributed by atoms with van der Waals surface area (Å²) in [4.78, 5) is 12.7. The van der Waals surface area contributed by atoms with Crippen molar-refractivity contribution in [1.29, 1.82) is 0 Å². The number of amides is 1. The maximum atomic E-state index is 12.7. The molecule has 1 amide bonds. The number of rotatable bonds is 8. The third kappa shape index (κ3) is 5.17. The first kappa shape index (κ1) is 21.8. The molecule has 2 aromatic rings. The van der Waals surface area contributed by atoms with Crippen molar-refractivity contribution in [2.45, 2.75) is 36.7 Å². The number of halogens is 1. The molecular weight excluding hydrogens is 410 g/mol. The summed E-state index contributed by atoms with van der Waals surface area (Å²) >= 11 is 6.07. The number of anilines is 1. The summed E-state index contributed by atoms with van der Waals surface area (Å²) in [5, 5.41) is 6.33. The van der Waals surface area contributed by atoms with Crippen molar-refractivity contribution >= 4 is 33.2 Å². The molecule has 0 radical (unpaired) electrons. The van der Waals surface area contributed by atoms with Crippen LogP contribution >= 0.6 is 11.6 Å². The smallest absolute Gasteiger partial charge is 0.244 e. The van der Waals surface area contributed by atoms with E-state index in [-0.39, 0.29) is 21.9 Å². The maximum Gasteiger partial charge on any atom is 0.244 e. The summed E-state index contributed by atoms with van der Waals surface area (Å²) in [6.07, 6.45) is 2.29. The van der Waals surface area contributed by atoms with E-state index in [1.807, 2.05) is 18.2 Å². The van der Waals surface area contributed by atoms with Crippen LogP contribution in [0.25, 0.3) is 0 Å². The number of benzene rings is 2. The number of carbonyl (C=O) groups is 1. The third-order valence-corrected chi connectivity index (χ3v) is 7.33. The van der Waals surface area contributed by atoms with E-state index in [1.165, 1.54) is 31.8 Å². The number of hydrogen-bond acceptors (Lipinski definition) is 4. The molecule has 2 unspecified atom stereocenters. The standard InChI is InChI=1S/C21H26ClN3O3S/c1-14(23-20(16-9-10-16)15-7-5-4-6-8-15)21(26)24-17-11-12-18(22)19(13-17)29(27,28)25(2)3/h4-8,11-14,16,20,23H,9-10H2,1-3H3,(H,24,26). The predicted octanol–water partition coefficient (Wildman–Crippen LogP) is 3.66. The fourth-order valence-electron chi connectivity index (χ4n) is 3.17. The molecule has 156 valence electrons. The largest absolute Gasteiger partial charge is 0.325 e. The molecule has 0 bridgehead atoms. The first-order valence-electron chi connectivity index (χ1n) is 9.54. The first-order chi connectivity index (χ1) is 13.7. The van der Waals surface area contributed by atoms with Gasteiger partial charge in [0, 0.05) is 25.8 Å². The molecule has 3 rings (SSSR count). The quantitative estimate of drug-likeness (QED) is 0.663. The van der Waals surface area contributed by atoms with Gasteiger partial charge in [-0.2, -0.15) is 0 Å². The van der Waals surface area contributed by atoms with Crippen molar-refractivity contribution in [3.05, 3.63) is 59.1 Å². The monoisotopic (exact) mass is 435 g/mol. The molecule has 0 heterocycles. The summed E-state index contributed by atoms with van der Waals surface area (Å²) in [6, 6.07) is 14.2. The maximum absolute atomic E-state index is 12.7. The lowest BCUT2D eigenvalue weighted by Gasteiger charge is -2.23. The minimum absolute atomic E-state index is 0.0391. The Hall–Kier alpha value is -1.93. The van der Waals surface area contributed by atoms with Gasteiger partial charge in [-0.05, 0) is 49.4 Å². The Labute approximate surface area is 177 Å². The van der Waals surface area contributed by atoms with E-state index in [0.717, 1.165) is 17.1 Å². The SMILES string of the molecule is CC(NC(c1ccccc1)C1CC1)C(=O)Nc1ccc(Cl)c(S(=O)(=O)N(C)C)c1. The van der Waals surface area contributed by atoms with Crippen LogP contribution in [-0.2, 0) is 14.8 Å². The van der Waals surface area contributed by atoms with Crippen LogP contribution in [0.2, 0.25) is 5.02 Å². The molecule has 0 saturated heterocycles. The zero-order valence-electron chi connectivity index (χ0n) is 16.7. The van der Waals surface area contributed by atoms with E-state index >= 15 is 0 Å². The highest BCUT2D eigenvalue weighted by Gasteiger charge is 2.34. The average Bonchev–Trinajstić information content (AvgIpc) is 3.52. The molecule has 2 aromatic carbocycles. The Balaban J connectivity index is 1.73. The topological polar surface area (TPSA) is 78.5 Å². The first-order valence-corrected chi connectivity index (χ1v) is 11.4. The Morgan fingerprint density at radius 1 is 1.14 bits per heavy atom. The van der Waals surface area contributed by atoms with Crippen LogP contribution in [0.4, 0.5) is 5.69 Å². The van der Waals surface area contributed by atoms with Crippen molar-refractivity contribution in [3.8, 4) is 0 Å². The second-order valence-corrected chi connectivity index (χ2v) is 10.1. The van der Waals surface area contributed by atoms with Crippen LogP contribution in [0.3, 0.4) is 0 Å². The number of nitrogens with zero attached hydrogens (tertiary/aromatic N) is 1. The fourth-order valence-corrected chi connectivity index (χ4v) is 4.56. The van der Waals surface area contributed by atoms with Gasteiger partial charge in [-0.3, -0.25) is 10.1 Å². The highest BCUT2D eigenvalue weighted by Crippen LogP contribution is 2.41. The highest BCUT2D eigenvalue weighted by atomic mass is 35.5. The van der Waals surface area contributed by atoms with Gasteiger partial charge >= 0.3 is 0 Å². The summed E-state index contributed by atoms with van der Waals surface area (Å²) in [7, 11) is -0.840. The van der Waals surface area contributed by atoms with Crippen molar-refractivity contribution in [1.82, 2.24) is 9.62 Å². The summed E-state index contributed by atoms with van der Waals surface area (Å²) in [5.74, 6) is 0.294. The number of hydrogen-bond donors (Lipinski definition) is 2. The van der Waals surface area contributed by atoms with Gasteiger partial charge in [-0.25, -0.2) is 12.7 Å². The van der Waals surface area contributed by atoms with Crippen molar-refractivity contribution in [2.24, 2.45) is 5.92 Å². The van der Waals surface area contributed by atoms with Crippen LogP contribution < -0.4 is 10.6 Å². The zero-order chi connectivity index (χ0) is 21.2. The molecular formula is C21H26ClN3O3S. The molecule has 29 heavy (non-hydrogen) atoms. The van der Waals surface area contributed by atoms with Gasteiger partial charge in [0.15, 0.2) is 0 Å². The van der Waals surface area contributed by atoms with E-state index < -0.39 is 16.1 Å². The Morgan fingerprint density at radius 3 is 2.38 bits per heavy atom. The predicted molar refractivity (Wildman–Crippen MR) is 115 cm³/mol. The van der Waals surface area contributed by atoms with E-state index in [0.29, 0.717) is 11.6 Å². The van der Waals surface area contributed by atoms with E-state index in [9.17, 15) is 13.2 Å². The Bertz CT molecular complexity index is 976. The van der Waals surface area contributed by atoms with Crippen molar-refractivity contribution in [3.63, 3.8) is 0 Å². The molecule has 1 fully saturated rings. The zero-order valence-corrected chi connectivity index (χ0v) is 18.3. The molecule has 0 aromatic heterocycles. The van der Waals surface area contributed by atoms with E-state index in [1.54, 1.807) is 13.0 Å². The second-order valence-electron chi connectivity index (χ2n) is 7.54. The molecule has 0 aliphatic heterocycles. The molecule has 1 aliphatic rings. The molecule has 1 aliphatic carbocycles. The molecule has 6 nitrogen and oxygen atoms in total. The normalized spacial score (nSPS) is 16.4. The lowest BCUT2D eigenvalue weighted by atomic mass is 10.0. The Morgan fingerprint density at radius 2 is 1.79 bits per heavy atom. The van der Waals surface area contributed by atoms with Crippen LogP contribution in [0.1, 0.15) is 31.4 Å². The van der Waals surface area contributed by atoms with Crippen LogP contribution in [0.15, 0.2) is 53.4 Å². The minimum atomic E-state index is -3.71. The van der Waals surface area contributed by atoms with Crippen LogP contribution in [0, 0.1) is 5.92 Å². The van der Waals surface area contributed by atoms with Gasteiger partial charge < -0.3 is 5.32 Å². The van der Waals surface area contributed by atoms with Crippen LogP contribution in [-0.4, -0.2) is 38.8 Å². The van der Waals surface area contributed by atoms with E-state index in [2.05, 4.69) is 22.8 Å². The number of sulfonamides is 1. The summed E-state index contributed by atoms with van der Waals surface area (Å²) in [6.45, 7) is 1.81. The average molecular weight is 436 g/mol. The fraction of sp³-hybridized carbons (Fsp3) is 0.381. The molecule has 2 atom stereocenters. The van der Waals surface area contributed by atoms with Crippen molar-refractivity contribution in [2.75, 3.05) is 19.4 Å². The van der Waals surface area contributed by atoms with E-state index in [4.69, 9.17) is 11.6 Å². The van der Waals surface area contributed by atoms with Gasteiger partial charge in [-0.1, -0.05) is 41.9 Å². The second kappa shape index (κ2) is 8.83. The summed E-state index contributed by atoms with van der Waals surface area (Å²) in [5.41, 5.74) is 1.55. The van der Waals surface area contributed by atoms with Gasteiger partial charge in [-0.15, -0.1) is 0 Å². The van der Waals surface area contributed by atoms with Gasteiger partial charge in [0.05, 0.1) is 11.1 Å². The number of carbonyl (C=O) groups excluding carboxylic acids is 1. The minimum Gasteiger partial charge on any atom is -0.325 e. The molecule has 0 spiro atoms. The van der Waals surface area contributed by atoms with Gasteiger partial charge in [0.25, 0.3) is 0 Å². The summed E-state index contributed by atoms with van der Waals surface area (Å²) < 4.78 is 25.9. The Kier molecular flexibility index (Phi) is 6.63. The van der Waals surface area contributed by atoms with Crippen molar-refractivity contribution < 1.29 is 13.2 Å². The number of nitrogens with one attached hydrogen (secondary N) is 2. The van der Waals surface area contributed by atoms with Crippen LogP contribution in [0.5, 0.6) is 0 Å². The molecule has 8 heteroatoms. The third-order valence-electron chi connectivity index (χ3n) is 5.03. The lowest BCUT2D eigenvalue weighted by Crippen LogP contribution is -2.41. The lowest BCUT2D eigenvalue weighted by molar-refractivity contribution is -0.118.